The number of non-ortho nitro benzene ring substituents is 1. The van der Waals surface area contributed by atoms with Crippen molar-refractivity contribution in [3.8, 4) is 5.75 Å². The highest BCUT2D eigenvalue weighted by atomic mass is 16.6. The molecule has 4 rings (SSSR count). The number of nitro groups is 1. The topological polar surface area (TPSA) is 68.5 Å². The molecule has 0 N–H and O–H groups in total. The summed E-state index contributed by atoms with van der Waals surface area (Å²) < 4.78 is 5.98. The first-order chi connectivity index (χ1) is 13.2. The standard InChI is InChI=1S/C21H21N3O3/c25-24(26)18-8-4-6-16(14-18)15-27-19-9-5-7-17-10-11-20(22-21(17)19)23-12-2-1-3-13-23/h4-11,14H,1-3,12-13,15H2. The predicted octanol–water partition coefficient (Wildman–Crippen LogP) is 4.71. The summed E-state index contributed by atoms with van der Waals surface area (Å²) in [6.45, 7) is 2.33. The Balaban J connectivity index is 1.59. The third-order valence-corrected chi connectivity index (χ3v) is 4.86. The molecule has 1 fully saturated rings. The van der Waals surface area contributed by atoms with Crippen LogP contribution in [0.5, 0.6) is 5.75 Å². The van der Waals surface area contributed by atoms with E-state index in [1.807, 2.05) is 24.3 Å². The number of aromatic nitrogens is 1. The third-order valence-electron chi connectivity index (χ3n) is 4.86. The number of benzene rings is 2. The first-order valence-corrected chi connectivity index (χ1v) is 9.21. The van der Waals surface area contributed by atoms with Gasteiger partial charge in [0.1, 0.15) is 23.7 Å². The smallest absolute Gasteiger partial charge is 0.269 e. The molecule has 138 valence electrons. The number of ether oxygens (including phenoxy) is 1. The van der Waals surface area contributed by atoms with E-state index in [1.54, 1.807) is 6.07 Å². The molecule has 2 heterocycles. The van der Waals surface area contributed by atoms with Gasteiger partial charge in [-0.05, 0) is 43.0 Å². The van der Waals surface area contributed by atoms with Crippen LogP contribution in [0.25, 0.3) is 10.9 Å². The number of anilines is 1. The SMILES string of the molecule is O=[N+]([O-])c1cccc(COc2cccc3ccc(N4CCCCC4)nc23)c1. The normalized spacial score (nSPS) is 14.3. The number of hydrogen-bond acceptors (Lipinski definition) is 5. The molecule has 6 heteroatoms. The van der Waals surface area contributed by atoms with Crippen molar-refractivity contribution in [2.75, 3.05) is 18.0 Å². The fourth-order valence-electron chi connectivity index (χ4n) is 3.45. The number of para-hydroxylation sites is 1. The van der Waals surface area contributed by atoms with Crippen molar-refractivity contribution in [3.05, 3.63) is 70.3 Å². The van der Waals surface area contributed by atoms with Crippen molar-refractivity contribution in [1.29, 1.82) is 0 Å². The monoisotopic (exact) mass is 363 g/mol. The second-order valence-electron chi connectivity index (χ2n) is 6.76. The Morgan fingerprint density at radius 2 is 1.85 bits per heavy atom. The predicted molar refractivity (Wildman–Crippen MR) is 105 cm³/mol. The highest BCUT2D eigenvalue weighted by Gasteiger charge is 2.14. The molecule has 0 spiro atoms. The quantitative estimate of drug-likeness (QED) is 0.485. The lowest BCUT2D eigenvalue weighted by atomic mass is 10.1. The Hall–Kier alpha value is -3.15. The fraction of sp³-hybridized carbons (Fsp3) is 0.286. The first kappa shape index (κ1) is 17.3. The van der Waals surface area contributed by atoms with Crippen LogP contribution < -0.4 is 9.64 Å². The molecule has 0 bridgehead atoms. The maximum atomic E-state index is 10.9. The molecule has 2 aromatic carbocycles. The van der Waals surface area contributed by atoms with Crippen LogP contribution in [0.1, 0.15) is 24.8 Å². The zero-order valence-corrected chi connectivity index (χ0v) is 15.0. The summed E-state index contributed by atoms with van der Waals surface area (Å²) in [5.41, 5.74) is 1.65. The Kier molecular flexibility index (Phi) is 4.87. The van der Waals surface area contributed by atoms with Crippen molar-refractivity contribution >= 4 is 22.4 Å². The second-order valence-corrected chi connectivity index (χ2v) is 6.76. The molecule has 0 aliphatic carbocycles. The molecule has 0 unspecified atom stereocenters. The maximum absolute atomic E-state index is 10.9. The summed E-state index contributed by atoms with van der Waals surface area (Å²) in [5, 5.41) is 12.0. The summed E-state index contributed by atoms with van der Waals surface area (Å²) in [4.78, 5) is 17.7. The number of nitro benzene ring substituents is 1. The van der Waals surface area contributed by atoms with Crippen LogP contribution in [0.15, 0.2) is 54.6 Å². The van der Waals surface area contributed by atoms with Gasteiger partial charge >= 0.3 is 0 Å². The number of fused-ring (bicyclic) bond motifs is 1. The van der Waals surface area contributed by atoms with Crippen LogP contribution >= 0.6 is 0 Å². The van der Waals surface area contributed by atoms with Crippen molar-refractivity contribution < 1.29 is 9.66 Å². The lowest BCUT2D eigenvalue weighted by molar-refractivity contribution is -0.384. The highest BCUT2D eigenvalue weighted by Crippen LogP contribution is 2.28. The van der Waals surface area contributed by atoms with E-state index in [0.717, 1.165) is 35.4 Å². The van der Waals surface area contributed by atoms with Crippen LogP contribution in [0.3, 0.4) is 0 Å². The van der Waals surface area contributed by atoms with E-state index in [4.69, 9.17) is 9.72 Å². The summed E-state index contributed by atoms with van der Waals surface area (Å²) in [6.07, 6.45) is 3.68. The molecule has 1 aliphatic heterocycles. The van der Waals surface area contributed by atoms with E-state index >= 15 is 0 Å². The number of nitrogens with zero attached hydrogens (tertiary/aromatic N) is 3. The molecule has 0 atom stereocenters. The fourth-order valence-corrected chi connectivity index (χ4v) is 3.45. The van der Waals surface area contributed by atoms with Crippen LogP contribution in [0.2, 0.25) is 0 Å². The molecular formula is C21H21N3O3. The minimum absolute atomic E-state index is 0.0690. The van der Waals surface area contributed by atoms with Crippen LogP contribution in [0, 0.1) is 10.1 Å². The van der Waals surface area contributed by atoms with Gasteiger partial charge in [-0.3, -0.25) is 10.1 Å². The minimum Gasteiger partial charge on any atom is -0.487 e. The number of piperidine rings is 1. The molecule has 1 saturated heterocycles. The van der Waals surface area contributed by atoms with Crippen molar-refractivity contribution in [2.45, 2.75) is 25.9 Å². The highest BCUT2D eigenvalue weighted by molar-refractivity contribution is 5.86. The molecule has 0 radical (unpaired) electrons. The van der Waals surface area contributed by atoms with Crippen molar-refractivity contribution in [1.82, 2.24) is 4.98 Å². The zero-order valence-electron chi connectivity index (χ0n) is 15.0. The van der Waals surface area contributed by atoms with Crippen LogP contribution in [0.4, 0.5) is 11.5 Å². The molecular weight excluding hydrogens is 342 g/mol. The molecule has 1 aliphatic rings. The van der Waals surface area contributed by atoms with Gasteiger partial charge < -0.3 is 9.64 Å². The Morgan fingerprint density at radius 3 is 2.67 bits per heavy atom. The van der Waals surface area contributed by atoms with Crippen molar-refractivity contribution in [3.63, 3.8) is 0 Å². The van der Waals surface area contributed by atoms with E-state index in [-0.39, 0.29) is 12.3 Å². The molecule has 0 saturated carbocycles. The third kappa shape index (κ3) is 3.84. The van der Waals surface area contributed by atoms with Gasteiger partial charge in [0.25, 0.3) is 5.69 Å². The van der Waals surface area contributed by atoms with Crippen LogP contribution in [-0.2, 0) is 6.61 Å². The first-order valence-electron chi connectivity index (χ1n) is 9.21. The average molecular weight is 363 g/mol. The van der Waals surface area contributed by atoms with E-state index in [9.17, 15) is 10.1 Å². The molecule has 1 aromatic heterocycles. The minimum atomic E-state index is -0.395. The zero-order chi connectivity index (χ0) is 18.6. The van der Waals surface area contributed by atoms with E-state index in [1.165, 1.54) is 31.4 Å². The van der Waals surface area contributed by atoms with Gasteiger partial charge in [0.05, 0.1) is 4.92 Å². The van der Waals surface area contributed by atoms with Gasteiger partial charge in [-0.1, -0.05) is 24.3 Å². The van der Waals surface area contributed by atoms with Gasteiger partial charge in [0.15, 0.2) is 0 Å². The van der Waals surface area contributed by atoms with Gasteiger partial charge in [-0.2, -0.15) is 0 Å². The average Bonchev–Trinajstić information content (AvgIpc) is 2.72. The molecule has 6 nitrogen and oxygen atoms in total. The maximum Gasteiger partial charge on any atom is 0.269 e. The molecule has 3 aromatic rings. The molecule has 0 amide bonds. The number of pyridine rings is 1. The largest absolute Gasteiger partial charge is 0.487 e. The Labute approximate surface area is 157 Å². The van der Waals surface area contributed by atoms with Gasteiger partial charge in [-0.15, -0.1) is 0 Å². The number of hydrogen-bond donors (Lipinski definition) is 0. The molecule has 27 heavy (non-hydrogen) atoms. The number of rotatable bonds is 5. The second kappa shape index (κ2) is 7.61. The van der Waals surface area contributed by atoms with Gasteiger partial charge in [0, 0.05) is 30.6 Å². The van der Waals surface area contributed by atoms with Crippen molar-refractivity contribution in [2.24, 2.45) is 0 Å². The Morgan fingerprint density at radius 1 is 1.04 bits per heavy atom. The van der Waals surface area contributed by atoms with Crippen LogP contribution in [-0.4, -0.2) is 23.0 Å². The summed E-state index contributed by atoms with van der Waals surface area (Å²) in [6, 6.07) is 16.5. The van der Waals surface area contributed by atoms with E-state index < -0.39 is 4.92 Å². The Bertz CT molecular complexity index is 968. The summed E-state index contributed by atoms with van der Waals surface area (Å²) in [5.74, 6) is 1.67. The lowest BCUT2D eigenvalue weighted by Crippen LogP contribution is -2.30. The van der Waals surface area contributed by atoms with Gasteiger partial charge in [0.2, 0.25) is 0 Å². The summed E-state index contributed by atoms with van der Waals surface area (Å²) >= 11 is 0. The van der Waals surface area contributed by atoms with E-state index in [0.29, 0.717) is 5.75 Å². The van der Waals surface area contributed by atoms with E-state index in [2.05, 4.69) is 17.0 Å². The summed E-state index contributed by atoms with van der Waals surface area (Å²) in [7, 11) is 0. The lowest BCUT2D eigenvalue weighted by Gasteiger charge is -2.28. The van der Waals surface area contributed by atoms with Gasteiger partial charge in [-0.25, -0.2) is 4.98 Å².